The predicted molar refractivity (Wildman–Crippen MR) is 92.1 cm³/mol. The van der Waals surface area contributed by atoms with Crippen LogP contribution in [0.2, 0.25) is 0 Å². The van der Waals surface area contributed by atoms with E-state index in [1.807, 2.05) is 19.1 Å². The first-order chi connectivity index (χ1) is 9.49. The van der Waals surface area contributed by atoms with Crippen molar-refractivity contribution in [3.8, 4) is 0 Å². The van der Waals surface area contributed by atoms with Crippen molar-refractivity contribution >= 4 is 59.4 Å². The van der Waals surface area contributed by atoms with Gasteiger partial charge in [-0.1, -0.05) is 15.9 Å². The number of rotatable bonds is 3. The molecule has 1 aliphatic heterocycles. The van der Waals surface area contributed by atoms with E-state index < -0.39 is 0 Å². The Balaban J connectivity index is 2.07. The summed E-state index contributed by atoms with van der Waals surface area (Å²) in [4.78, 5) is 14.6. The number of benzene rings is 1. The lowest BCUT2D eigenvalue weighted by Crippen LogP contribution is -2.51. The Bertz CT molecular complexity index is 481. The zero-order valence-electron chi connectivity index (χ0n) is 11.0. The number of carbonyl (C=O) groups excluding carboxylic acids is 1. The van der Waals surface area contributed by atoms with Crippen molar-refractivity contribution in [3.05, 3.63) is 25.6 Å². The molecule has 1 atom stereocenters. The number of hydrogen-bond donors (Lipinski definition) is 2. The van der Waals surface area contributed by atoms with E-state index in [9.17, 15) is 4.79 Å². The molecule has 4 nitrogen and oxygen atoms in total. The van der Waals surface area contributed by atoms with Crippen molar-refractivity contribution in [1.29, 1.82) is 0 Å². The van der Waals surface area contributed by atoms with Crippen LogP contribution in [0.25, 0.3) is 0 Å². The molecule has 1 aromatic rings. The summed E-state index contributed by atoms with van der Waals surface area (Å²) in [5.74, 6) is 0.00984. The normalized spacial score (nSPS) is 17.8. The summed E-state index contributed by atoms with van der Waals surface area (Å²) in [6.07, 6.45) is 0. The van der Waals surface area contributed by atoms with Crippen molar-refractivity contribution in [2.24, 2.45) is 0 Å². The molecule has 0 aliphatic carbocycles. The summed E-state index contributed by atoms with van der Waals surface area (Å²) in [5.41, 5.74) is 0.764. The molecule has 0 bridgehead atoms. The summed E-state index contributed by atoms with van der Waals surface area (Å²) in [5, 5.41) is 6.28. The van der Waals surface area contributed by atoms with E-state index in [1.54, 1.807) is 0 Å². The Morgan fingerprint density at radius 1 is 1.25 bits per heavy atom. The van der Waals surface area contributed by atoms with E-state index in [1.165, 1.54) is 0 Å². The molecule has 0 spiro atoms. The fourth-order valence-electron chi connectivity index (χ4n) is 2.12. The summed E-state index contributed by atoms with van der Waals surface area (Å²) in [6, 6.07) is 3.69. The third kappa shape index (κ3) is 4.04. The molecular formula is C13H16Br3N3O. The monoisotopic (exact) mass is 467 g/mol. The number of nitrogens with one attached hydrogen (secondary N) is 2. The molecular weight excluding hydrogens is 454 g/mol. The Labute approximate surface area is 144 Å². The van der Waals surface area contributed by atoms with Gasteiger partial charge in [0.15, 0.2) is 0 Å². The highest BCUT2D eigenvalue weighted by Gasteiger charge is 2.23. The first-order valence-corrected chi connectivity index (χ1v) is 8.77. The van der Waals surface area contributed by atoms with Crippen molar-refractivity contribution in [2.45, 2.75) is 13.0 Å². The number of halogens is 3. The second-order valence-corrected chi connectivity index (χ2v) is 7.32. The topological polar surface area (TPSA) is 44.4 Å². The third-order valence-electron chi connectivity index (χ3n) is 3.33. The van der Waals surface area contributed by atoms with Crippen LogP contribution in [-0.2, 0) is 4.79 Å². The van der Waals surface area contributed by atoms with Gasteiger partial charge in [-0.2, -0.15) is 0 Å². The lowest BCUT2D eigenvalue weighted by molar-refractivity contribution is -0.120. The minimum atomic E-state index is -0.139. The molecule has 0 saturated carbocycles. The predicted octanol–water partition coefficient (Wildman–Crippen LogP) is 3.21. The van der Waals surface area contributed by atoms with Gasteiger partial charge < -0.3 is 10.6 Å². The highest BCUT2D eigenvalue weighted by Crippen LogP contribution is 2.34. The maximum absolute atomic E-state index is 12.4. The van der Waals surface area contributed by atoms with Crippen molar-refractivity contribution < 1.29 is 4.79 Å². The minimum Gasteiger partial charge on any atom is -0.323 e. The maximum Gasteiger partial charge on any atom is 0.241 e. The molecule has 1 heterocycles. The number of carbonyl (C=O) groups is 1. The van der Waals surface area contributed by atoms with Crippen LogP contribution in [0.15, 0.2) is 25.6 Å². The van der Waals surface area contributed by atoms with Crippen LogP contribution in [0.5, 0.6) is 0 Å². The molecule has 0 radical (unpaired) electrons. The fourth-order valence-corrected chi connectivity index (χ4v) is 4.58. The van der Waals surface area contributed by atoms with Crippen LogP contribution in [0, 0.1) is 0 Å². The molecule has 2 N–H and O–H groups in total. The van der Waals surface area contributed by atoms with Gasteiger partial charge in [0.05, 0.1) is 11.7 Å². The molecule has 1 saturated heterocycles. The minimum absolute atomic E-state index is 0.00984. The molecule has 1 aliphatic rings. The van der Waals surface area contributed by atoms with Crippen LogP contribution in [0.1, 0.15) is 6.92 Å². The van der Waals surface area contributed by atoms with Crippen molar-refractivity contribution in [2.75, 3.05) is 31.5 Å². The van der Waals surface area contributed by atoms with Gasteiger partial charge in [0.2, 0.25) is 5.91 Å². The molecule has 20 heavy (non-hydrogen) atoms. The zero-order valence-corrected chi connectivity index (χ0v) is 15.8. The Kier molecular flexibility index (Phi) is 6.04. The van der Waals surface area contributed by atoms with Gasteiger partial charge in [-0.25, -0.2) is 0 Å². The van der Waals surface area contributed by atoms with Crippen LogP contribution in [0.4, 0.5) is 5.69 Å². The molecule has 110 valence electrons. The standard InChI is InChI=1S/C13H16Br3N3O/c1-8(19-4-2-17-3-5-19)13(20)18-12-10(15)6-9(14)7-11(12)16/h6-8,17H,2-5H2,1H3,(H,18,20). The molecule has 1 unspecified atom stereocenters. The molecule has 1 aromatic carbocycles. The Morgan fingerprint density at radius 2 is 1.80 bits per heavy atom. The van der Waals surface area contributed by atoms with Crippen molar-refractivity contribution in [3.63, 3.8) is 0 Å². The van der Waals surface area contributed by atoms with Crippen LogP contribution in [-0.4, -0.2) is 43.0 Å². The summed E-state index contributed by atoms with van der Waals surface area (Å²) in [7, 11) is 0. The van der Waals surface area contributed by atoms with Crippen LogP contribution < -0.4 is 10.6 Å². The van der Waals surface area contributed by atoms with E-state index in [2.05, 4.69) is 63.3 Å². The first-order valence-electron chi connectivity index (χ1n) is 6.39. The van der Waals surface area contributed by atoms with E-state index in [4.69, 9.17) is 0 Å². The van der Waals surface area contributed by atoms with Gasteiger partial charge in [-0.05, 0) is 50.9 Å². The molecule has 7 heteroatoms. The number of hydrogen-bond acceptors (Lipinski definition) is 3. The summed E-state index contributed by atoms with van der Waals surface area (Å²) in [6.45, 7) is 5.61. The average molecular weight is 470 g/mol. The van der Waals surface area contributed by atoms with E-state index in [0.29, 0.717) is 0 Å². The third-order valence-corrected chi connectivity index (χ3v) is 5.04. The van der Waals surface area contributed by atoms with Gasteiger partial charge in [0.1, 0.15) is 0 Å². The van der Waals surface area contributed by atoms with Crippen LogP contribution in [0.3, 0.4) is 0 Å². The summed E-state index contributed by atoms with van der Waals surface area (Å²) >= 11 is 10.4. The smallest absolute Gasteiger partial charge is 0.241 e. The van der Waals surface area contributed by atoms with Gasteiger partial charge in [-0.3, -0.25) is 9.69 Å². The molecule has 1 amide bonds. The number of piperazine rings is 1. The second kappa shape index (κ2) is 7.35. The van der Waals surface area contributed by atoms with Gasteiger partial charge in [-0.15, -0.1) is 0 Å². The van der Waals surface area contributed by atoms with Gasteiger partial charge >= 0.3 is 0 Å². The van der Waals surface area contributed by atoms with Gasteiger partial charge in [0, 0.05) is 39.6 Å². The highest BCUT2D eigenvalue weighted by atomic mass is 79.9. The first kappa shape index (κ1) is 16.4. The van der Waals surface area contributed by atoms with Crippen LogP contribution >= 0.6 is 47.8 Å². The number of amides is 1. The lowest BCUT2D eigenvalue weighted by atomic mass is 10.2. The second-order valence-electron chi connectivity index (χ2n) is 4.70. The Hall–Kier alpha value is 0.0500. The number of nitrogens with zero attached hydrogens (tertiary/aromatic N) is 1. The SMILES string of the molecule is CC(C(=O)Nc1c(Br)cc(Br)cc1Br)N1CCNCC1. The largest absolute Gasteiger partial charge is 0.323 e. The average Bonchev–Trinajstić information content (AvgIpc) is 2.42. The van der Waals surface area contributed by atoms with E-state index >= 15 is 0 Å². The maximum atomic E-state index is 12.4. The fraction of sp³-hybridized carbons (Fsp3) is 0.462. The van der Waals surface area contributed by atoms with E-state index in [-0.39, 0.29) is 11.9 Å². The Morgan fingerprint density at radius 3 is 2.35 bits per heavy atom. The molecule has 2 rings (SSSR count). The number of anilines is 1. The zero-order chi connectivity index (χ0) is 14.7. The quantitative estimate of drug-likeness (QED) is 0.714. The summed E-state index contributed by atoms with van der Waals surface area (Å²) < 4.78 is 2.64. The van der Waals surface area contributed by atoms with E-state index in [0.717, 1.165) is 45.3 Å². The van der Waals surface area contributed by atoms with Gasteiger partial charge in [0.25, 0.3) is 0 Å². The molecule has 0 aromatic heterocycles. The van der Waals surface area contributed by atoms with Crippen molar-refractivity contribution in [1.82, 2.24) is 10.2 Å². The highest BCUT2D eigenvalue weighted by molar-refractivity contribution is 9.11. The molecule has 1 fully saturated rings. The lowest BCUT2D eigenvalue weighted by Gasteiger charge is -2.32.